The number of rotatable bonds is 3. The summed E-state index contributed by atoms with van der Waals surface area (Å²) in [5.41, 5.74) is 2.51. The van der Waals surface area contributed by atoms with Crippen molar-refractivity contribution in [2.75, 3.05) is 12.4 Å². The van der Waals surface area contributed by atoms with Gasteiger partial charge in [-0.15, -0.1) is 0 Å². The van der Waals surface area contributed by atoms with Crippen LogP contribution in [0.5, 0.6) is 6.01 Å². The van der Waals surface area contributed by atoms with E-state index in [1.54, 1.807) is 12.4 Å². The molecule has 1 amide bonds. The van der Waals surface area contributed by atoms with Crippen molar-refractivity contribution in [1.82, 2.24) is 15.0 Å². The number of benzene rings is 1. The highest BCUT2D eigenvalue weighted by molar-refractivity contribution is 7.22. The van der Waals surface area contributed by atoms with Crippen LogP contribution < -0.4 is 10.1 Å². The Bertz CT molecular complexity index is 801. The number of methoxy groups -OCH3 is 1. The number of carbonyl (C=O) groups is 1. The molecule has 106 valence electrons. The van der Waals surface area contributed by atoms with Gasteiger partial charge in [-0.3, -0.25) is 5.32 Å². The molecule has 0 radical (unpaired) electrons. The van der Waals surface area contributed by atoms with Crippen LogP contribution in [0.2, 0.25) is 0 Å². The second-order valence-corrected chi connectivity index (χ2v) is 5.12. The zero-order chi connectivity index (χ0) is 14.8. The molecule has 2 N–H and O–H groups in total. The van der Waals surface area contributed by atoms with Gasteiger partial charge in [-0.25, -0.2) is 19.7 Å². The number of amides is 1. The molecular formula is C13H10N4O3S. The van der Waals surface area contributed by atoms with Crippen LogP contribution in [0.1, 0.15) is 0 Å². The summed E-state index contributed by atoms with van der Waals surface area (Å²) in [6.07, 6.45) is 2.22. The average molecular weight is 302 g/mol. The Balaban J connectivity index is 1.97. The summed E-state index contributed by atoms with van der Waals surface area (Å²) < 4.78 is 5.80. The number of hydrogen-bond acceptors (Lipinski definition) is 6. The predicted molar refractivity (Wildman–Crippen MR) is 78.8 cm³/mol. The third-order valence-corrected chi connectivity index (χ3v) is 3.68. The molecule has 0 saturated heterocycles. The van der Waals surface area contributed by atoms with Crippen LogP contribution in [0.4, 0.5) is 9.93 Å². The summed E-state index contributed by atoms with van der Waals surface area (Å²) in [5.74, 6) is 0. The molecule has 0 atom stereocenters. The van der Waals surface area contributed by atoms with Gasteiger partial charge in [0.1, 0.15) is 0 Å². The van der Waals surface area contributed by atoms with Gasteiger partial charge in [0.25, 0.3) is 0 Å². The molecule has 21 heavy (non-hydrogen) atoms. The van der Waals surface area contributed by atoms with E-state index in [2.05, 4.69) is 20.3 Å². The van der Waals surface area contributed by atoms with Crippen LogP contribution >= 0.6 is 11.3 Å². The van der Waals surface area contributed by atoms with Gasteiger partial charge in [-0.05, 0) is 17.7 Å². The molecule has 0 spiro atoms. The number of carboxylic acid groups (broad SMARTS) is 1. The van der Waals surface area contributed by atoms with E-state index in [1.807, 2.05) is 18.2 Å². The molecule has 2 aromatic heterocycles. The normalized spacial score (nSPS) is 10.5. The average Bonchev–Trinajstić information content (AvgIpc) is 2.87. The number of ether oxygens (including phenoxy) is 1. The van der Waals surface area contributed by atoms with Crippen molar-refractivity contribution in [3.63, 3.8) is 0 Å². The largest absolute Gasteiger partial charge is 0.467 e. The topological polar surface area (TPSA) is 97.2 Å². The number of nitrogens with one attached hydrogen (secondary N) is 1. The Labute approximate surface area is 123 Å². The number of fused-ring (bicyclic) bond motifs is 1. The van der Waals surface area contributed by atoms with Crippen molar-refractivity contribution in [3.8, 4) is 17.1 Å². The van der Waals surface area contributed by atoms with E-state index < -0.39 is 6.09 Å². The lowest BCUT2D eigenvalue weighted by molar-refractivity contribution is 0.209. The van der Waals surface area contributed by atoms with Crippen molar-refractivity contribution in [1.29, 1.82) is 0 Å². The van der Waals surface area contributed by atoms with Crippen LogP contribution in [-0.4, -0.2) is 33.3 Å². The minimum atomic E-state index is -1.13. The Morgan fingerprint density at radius 2 is 2.05 bits per heavy atom. The molecule has 2 heterocycles. The highest BCUT2D eigenvalue weighted by Gasteiger charge is 2.08. The first-order valence-corrected chi connectivity index (χ1v) is 6.74. The lowest BCUT2D eigenvalue weighted by Gasteiger charge is -2.01. The van der Waals surface area contributed by atoms with Crippen molar-refractivity contribution in [3.05, 3.63) is 30.6 Å². The highest BCUT2D eigenvalue weighted by atomic mass is 32.1. The third kappa shape index (κ3) is 2.75. The summed E-state index contributed by atoms with van der Waals surface area (Å²) >= 11 is 1.27. The zero-order valence-corrected chi connectivity index (χ0v) is 11.7. The molecule has 0 aliphatic carbocycles. The molecule has 0 fully saturated rings. The summed E-state index contributed by atoms with van der Waals surface area (Å²) in [6, 6.07) is 5.95. The van der Waals surface area contributed by atoms with Crippen LogP contribution in [0, 0.1) is 0 Å². The van der Waals surface area contributed by atoms with Crippen LogP contribution in [-0.2, 0) is 0 Å². The molecule has 0 unspecified atom stereocenters. The summed E-state index contributed by atoms with van der Waals surface area (Å²) in [4.78, 5) is 22.9. The number of aromatic nitrogens is 3. The van der Waals surface area contributed by atoms with Gasteiger partial charge in [-0.1, -0.05) is 17.4 Å². The molecular weight excluding hydrogens is 292 g/mol. The standard InChI is InChI=1S/C13H10N4O3S/c1-20-11-14-5-8(6-15-11)7-2-3-9-10(4-7)21-12(16-9)17-13(18)19/h2-6H,1H3,(H,16,17)(H,18,19). The molecule has 0 saturated carbocycles. The summed E-state index contributed by atoms with van der Waals surface area (Å²) in [7, 11) is 1.51. The molecule has 0 aliphatic heterocycles. The van der Waals surface area contributed by atoms with Gasteiger partial charge in [-0.2, -0.15) is 0 Å². The minimum absolute atomic E-state index is 0.311. The monoisotopic (exact) mass is 302 g/mol. The minimum Gasteiger partial charge on any atom is -0.467 e. The predicted octanol–water partition coefficient (Wildman–Crippen LogP) is 2.85. The maximum Gasteiger partial charge on any atom is 0.410 e. The van der Waals surface area contributed by atoms with Crippen molar-refractivity contribution in [2.45, 2.75) is 0 Å². The van der Waals surface area contributed by atoms with E-state index in [0.717, 1.165) is 21.3 Å². The Kier molecular flexibility index (Phi) is 3.36. The molecule has 7 nitrogen and oxygen atoms in total. The van der Waals surface area contributed by atoms with E-state index in [1.165, 1.54) is 18.4 Å². The number of thiazole rings is 1. The maximum atomic E-state index is 10.6. The summed E-state index contributed by atoms with van der Waals surface area (Å²) in [6.45, 7) is 0. The van der Waals surface area contributed by atoms with Gasteiger partial charge >= 0.3 is 12.1 Å². The van der Waals surface area contributed by atoms with Crippen LogP contribution in [0.25, 0.3) is 21.3 Å². The van der Waals surface area contributed by atoms with Crippen LogP contribution in [0.3, 0.4) is 0 Å². The van der Waals surface area contributed by atoms with Gasteiger partial charge in [0, 0.05) is 18.0 Å². The Morgan fingerprint density at radius 3 is 2.71 bits per heavy atom. The molecule has 0 bridgehead atoms. The number of hydrogen-bond donors (Lipinski definition) is 2. The fourth-order valence-electron chi connectivity index (χ4n) is 1.82. The van der Waals surface area contributed by atoms with Gasteiger partial charge in [0.15, 0.2) is 5.13 Å². The second-order valence-electron chi connectivity index (χ2n) is 4.09. The zero-order valence-electron chi connectivity index (χ0n) is 10.9. The number of nitrogens with zero attached hydrogens (tertiary/aromatic N) is 3. The first-order valence-electron chi connectivity index (χ1n) is 5.92. The smallest absolute Gasteiger partial charge is 0.410 e. The van der Waals surface area contributed by atoms with E-state index in [-0.39, 0.29) is 0 Å². The second kappa shape index (κ2) is 5.33. The van der Waals surface area contributed by atoms with E-state index >= 15 is 0 Å². The molecule has 0 aliphatic rings. The van der Waals surface area contributed by atoms with Gasteiger partial charge in [0.2, 0.25) is 0 Å². The summed E-state index contributed by atoms with van der Waals surface area (Å²) in [5, 5.41) is 11.3. The molecule has 3 aromatic rings. The fourth-order valence-corrected chi connectivity index (χ4v) is 2.71. The fraction of sp³-hybridized carbons (Fsp3) is 0.0769. The quantitative estimate of drug-likeness (QED) is 0.772. The molecule has 8 heteroatoms. The van der Waals surface area contributed by atoms with Crippen molar-refractivity contribution < 1.29 is 14.6 Å². The SMILES string of the molecule is COc1ncc(-c2ccc3nc(NC(=O)O)sc3c2)cn1. The van der Waals surface area contributed by atoms with E-state index in [4.69, 9.17) is 9.84 Å². The van der Waals surface area contributed by atoms with Crippen molar-refractivity contribution >= 4 is 32.8 Å². The first-order chi connectivity index (χ1) is 10.2. The lowest BCUT2D eigenvalue weighted by Crippen LogP contribution is -2.06. The molecule has 3 rings (SSSR count). The van der Waals surface area contributed by atoms with E-state index in [0.29, 0.717) is 11.1 Å². The lowest BCUT2D eigenvalue weighted by atomic mass is 10.1. The third-order valence-electron chi connectivity index (χ3n) is 2.75. The first kappa shape index (κ1) is 13.3. The molecule has 1 aromatic carbocycles. The highest BCUT2D eigenvalue weighted by Crippen LogP contribution is 2.30. The van der Waals surface area contributed by atoms with Gasteiger partial charge in [0.05, 0.1) is 17.3 Å². The van der Waals surface area contributed by atoms with Gasteiger partial charge < -0.3 is 9.84 Å². The van der Waals surface area contributed by atoms with E-state index in [9.17, 15) is 4.79 Å². The number of anilines is 1. The van der Waals surface area contributed by atoms with Crippen molar-refractivity contribution in [2.24, 2.45) is 0 Å². The Morgan fingerprint density at radius 1 is 1.29 bits per heavy atom. The Hall–Kier alpha value is -2.74. The van der Waals surface area contributed by atoms with Crippen LogP contribution in [0.15, 0.2) is 30.6 Å². The maximum absolute atomic E-state index is 10.6.